The molecule has 0 aliphatic rings. The van der Waals surface area contributed by atoms with Gasteiger partial charge in [0.25, 0.3) is 5.91 Å². The number of aromatic nitrogens is 3. The van der Waals surface area contributed by atoms with Crippen LogP contribution in [-0.4, -0.2) is 44.9 Å². The van der Waals surface area contributed by atoms with Crippen LogP contribution in [0.4, 0.5) is 5.69 Å². The summed E-state index contributed by atoms with van der Waals surface area (Å²) in [4.78, 5) is 12.5. The van der Waals surface area contributed by atoms with Crippen molar-refractivity contribution in [3.8, 4) is 17.2 Å². The molecule has 0 unspecified atom stereocenters. The molecule has 9 nitrogen and oxygen atoms in total. The zero-order valence-electron chi connectivity index (χ0n) is 20.9. The first-order chi connectivity index (χ1) is 18.6. The predicted octanol–water partition coefficient (Wildman–Crippen LogP) is 4.56. The van der Waals surface area contributed by atoms with Gasteiger partial charge < -0.3 is 15.2 Å². The quantitative estimate of drug-likeness (QED) is 0.107. The Morgan fingerprint density at radius 3 is 2.68 bits per heavy atom. The molecule has 0 saturated heterocycles. The number of amides is 1. The van der Waals surface area contributed by atoms with Crippen molar-refractivity contribution in [3.63, 3.8) is 0 Å². The summed E-state index contributed by atoms with van der Waals surface area (Å²) in [6.07, 6.45) is 3.66. The average Bonchev–Trinajstić information content (AvgIpc) is 3.36. The second-order valence-electron chi connectivity index (χ2n) is 8.05. The fourth-order valence-electron chi connectivity index (χ4n) is 3.68. The van der Waals surface area contributed by atoms with E-state index in [1.165, 1.54) is 18.0 Å². The second kappa shape index (κ2) is 13.1. The molecule has 0 saturated carbocycles. The highest BCUT2D eigenvalue weighted by molar-refractivity contribution is 7.99. The van der Waals surface area contributed by atoms with Crippen molar-refractivity contribution < 1.29 is 14.6 Å². The van der Waals surface area contributed by atoms with Crippen LogP contribution in [0.25, 0.3) is 5.69 Å². The van der Waals surface area contributed by atoms with E-state index in [1.54, 1.807) is 19.3 Å². The molecule has 4 aromatic rings. The van der Waals surface area contributed by atoms with E-state index in [4.69, 9.17) is 4.74 Å². The molecule has 10 heteroatoms. The number of para-hydroxylation sites is 4. The summed E-state index contributed by atoms with van der Waals surface area (Å²) >= 11 is 1.25. The summed E-state index contributed by atoms with van der Waals surface area (Å²) in [6, 6.07) is 22.7. The van der Waals surface area contributed by atoms with Gasteiger partial charge in [0.1, 0.15) is 11.5 Å². The van der Waals surface area contributed by atoms with Crippen LogP contribution in [0.3, 0.4) is 0 Å². The van der Waals surface area contributed by atoms with Crippen LogP contribution in [0.15, 0.2) is 95.7 Å². The molecule has 0 spiro atoms. The molecule has 0 fully saturated rings. The zero-order chi connectivity index (χ0) is 26.7. The van der Waals surface area contributed by atoms with E-state index in [1.807, 2.05) is 71.3 Å². The third-order valence-electron chi connectivity index (χ3n) is 5.50. The van der Waals surface area contributed by atoms with Crippen molar-refractivity contribution in [2.75, 3.05) is 18.2 Å². The first kappa shape index (κ1) is 26.5. The Hall–Kier alpha value is -4.57. The number of allylic oxidation sites excluding steroid dienone is 1. The number of aromatic hydroxyl groups is 1. The molecule has 4 rings (SSSR count). The van der Waals surface area contributed by atoms with Gasteiger partial charge in [0.05, 0.1) is 31.3 Å². The molecule has 3 aromatic carbocycles. The first-order valence-corrected chi connectivity index (χ1v) is 12.8. The van der Waals surface area contributed by atoms with Crippen LogP contribution in [-0.2, 0) is 17.8 Å². The minimum Gasteiger partial charge on any atom is -0.507 e. The maximum atomic E-state index is 12.5. The summed E-state index contributed by atoms with van der Waals surface area (Å²) in [5.74, 6) is 1.28. The minimum atomic E-state index is -0.315. The third kappa shape index (κ3) is 6.60. The van der Waals surface area contributed by atoms with Gasteiger partial charge in [0.2, 0.25) is 0 Å². The molecule has 1 heterocycles. The molecule has 0 atom stereocenters. The van der Waals surface area contributed by atoms with Crippen molar-refractivity contribution in [3.05, 3.63) is 102 Å². The maximum Gasteiger partial charge on any atom is 0.250 e. The van der Waals surface area contributed by atoms with Gasteiger partial charge in [-0.2, -0.15) is 5.10 Å². The molecule has 0 radical (unpaired) electrons. The minimum absolute atomic E-state index is 0.0741. The van der Waals surface area contributed by atoms with E-state index < -0.39 is 0 Å². The molecule has 194 valence electrons. The largest absolute Gasteiger partial charge is 0.507 e. The topological polar surface area (TPSA) is 114 Å². The number of benzene rings is 3. The highest BCUT2D eigenvalue weighted by Gasteiger charge is 2.16. The van der Waals surface area contributed by atoms with E-state index in [0.717, 1.165) is 22.7 Å². The number of phenolic OH excluding ortho intramolecular Hbond substituents is 1. The predicted molar refractivity (Wildman–Crippen MR) is 150 cm³/mol. The van der Waals surface area contributed by atoms with E-state index in [9.17, 15) is 9.90 Å². The van der Waals surface area contributed by atoms with Gasteiger partial charge in [0, 0.05) is 11.3 Å². The van der Waals surface area contributed by atoms with Crippen LogP contribution in [0.1, 0.15) is 17.0 Å². The summed E-state index contributed by atoms with van der Waals surface area (Å²) < 4.78 is 7.33. The number of ether oxygens (including phenoxy) is 1. The number of carbonyl (C=O) groups excluding carboxylic acids is 1. The number of nitrogens with one attached hydrogen (secondary N) is 2. The van der Waals surface area contributed by atoms with Gasteiger partial charge in [-0.15, -0.1) is 16.8 Å². The lowest BCUT2D eigenvalue weighted by Crippen LogP contribution is -2.20. The van der Waals surface area contributed by atoms with Gasteiger partial charge in [-0.3, -0.25) is 9.36 Å². The number of methoxy groups -OCH3 is 1. The van der Waals surface area contributed by atoms with Crippen molar-refractivity contribution >= 4 is 29.6 Å². The second-order valence-corrected chi connectivity index (χ2v) is 9.00. The number of thioether (sulfide) groups is 1. The Balaban J connectivity index is 1.43. The van der Waals surface area contributed by atoms with Crippen molar-refractivity contribution in [1.82, 2.24) is 20.2 Å². The van der Waals surface area contributed by atoms with Crippen molar-refractivity contribution in [2.45, 2.75) is 18.1 Å². The van der Waals surface area contributed by atoms with Crippen LogP contribution in [0.2, 0.25) is 0 Å². The van der Waals surface area contributed by atoms with E-state index in [0.29, 0.717) is 29.5 Å². The summed E-state index contributed by atoms with van der Waals surface area (Å²) in [5.41, 5.74) is 5.46. The Morgan fingerprint density at radius 1 is 1.11 bits per heavy atom. The summed E-state index contributed by atoms with van der Waals surface area (Å²) in [5, 5.41) is 26.9. The average molecular weight is 529 g/mol. The number of rotatable bonds is 12. The lowest BCUT2D eigenvalue weighted by atomic mass is 10.1. The molecule has 3 N–H and O–H groups in total. The number of hydrogen-bond donors (Lipinski definition) is 3. The van der Waals surface area contributed by atoms with Gasteiger partial charge in [-0.25, -0.2) is 5.43 Å². The molecule has 38 heavy (non-hydrogen) atoms. The number of hydrogen-bond acceptors (Lipinski definition) is 8. The molecular formula is C28H28N6O3S. The Bertz CT molecular complexity index is 1420. The van der Waals surface area contributed by atoms with Crippen LogP contribution < -0.4 is 15.5 Å². The summed E-state index contributed by atoms with van der Waals surface area (Å²) in [6.45, 7) is 4.09. The molecule has 0 aliphatic heterocycles. The third-order valence-corrected chi connectivity index (χ3v) is 6.43. The fraction of sp³-hybridized carbons (Fsp3) is 0.143. The Morgan fingerprint density at radius 2 is 1.89 bits per heavy atom. The SMILES string of the molecule is C=CCc1cccc(/C=N/NC(=O)CSc2nnc(CNc3ccccc3OC)n2-c2ccccc2)c1O. The standard InChI is InChI=1S/C28H28N6O3S/c1-3-10-20-11-9-12-21(27(20)36)17-30-32-26(35)19-38-28-33-31-25(34(28)22-13-5-4-6-14-22)18-29-23-15-7-8-16-24(23)37-2/h3-9,11-17,29,36H,1,10,18-19H2,2H3,(H,32,35)/b30-17+. The first-order valence-electron chi connectivity index (χ1n) is 11.8. The maximum absolute atomic E-state index is 12.5. The van der Waals surface area contributed by atoms with Crippen molar-refractivity contribution in [2.24, 2.45) is 5.10 Å². The van der Waals surface area contributed by atoms with Crippen LogP contribution >= 0.6 is 11.8 Å². The highest BCUT2D eigenvalue weighted by Crippen LogP contribution is 2.26. The summed E-state index contributed by atoms with van der Waals surface area (Å²) in [7, 11) is 1.62. The Labute approximate surface area is 225 Å². The number of nitrogens with zero attached hydrogens (tertiary/aromatic N) is 4. The van der Waals surface area contributed by atoms with E-state index >= 15 is 0 Å². The fourth-order valence-corrected chi connectivity index (χ4v) is 4.44. The monoisotopic (exact) mass is 528 g/mol. The lowest BCUT2D eigenvalue weighted by molar-refractivity contribution is -0.118. The number of anilines is 1. The Kier molecular flexibility index (Phi) is 9.14. The number of hydrazone groups is 1. The van der Waals surface area contributed by atoms with Gasteiger partial charge in [-0.05, 0) is 42.3 Å². The van der Waals surface area contributed by atoms with Gasteiger partial charge in [0.15, 0.2) is 11.0 Å². The molecule has 0 bridgehead atoms. The van der Waals surface area contributed by atoms with Crippen LogP contribution in [0, 0.1) is 0 Å². The smallest absolute Gasteiger partial charge is 0.250 e. The lowest BCUT2D eigenvalue weighted by Gasteiger charge is -2.13. The number of carbonyl (C=O) groups is 1. The molecule has 0 aliphatic carbocycles. The van der Waals surface area contributed by atoms with E-state index in [-0.39, 0.29) is 17.4 Å². The zero-order valence-corrected chi connectivity index (χ0v) is 21.7. The highest BCUT2D eigenvalue weighted by atomic mass is 32.2. The van der Waals surface area contributed by atoms with Gasteiger partial charge >= 0.3 is 0 Å². The molecule has 1 aromatic heterocycles. The molecular weight excluding hydrogens is 500 g/mol. The van der Waals surface area contributed by atoms with Gasteiger partial charge in [-0.1, -0.05) is 60.3 Å². The normalized spacial score (nSPS) is 10.9. The van der Waals surface area contributed by atoms with Crippen molar-refractivity contribution in [1.29, 1.82) is 0 Å². The number of phenols is 1. The van der Waals surface area contributed by atoms with Crippen LogP contribution in [0.5, 0.6) is 11.5 Å². The van der Waals surface area contributed by atoms with E-state index in [2.05, 4.69) is 32.6 Å². The molecule has 1 amide bonds.